The van der Waals surface area contributed by atoms with Crippen LogP contribution in [0, 0.1) is 31.1 Å². The van der Waals surface area contributed by atoms with Crippen LogP contribution in [0.5, 0.6) is 0 Å². The van der Waals surface area contributed by atoms with Gasteiger partial charge in [-0.3, -0.25) is 0 Å². The second-order valence-corrected chi connectivity index (χ2v) is 11.4. The second kappa shape index (κ2) is 12.7. The zero-order chi connectivity index (χ0) is 20.0. The minimum Gasteiger partial charge on any atom is -0.809 e. The fourth-order valence-corrected chi connectivity index (χ4v) is 5.14. The number of alkyl halides is 2. The maximum Gasteiger partial charge on any atom is 0.169 e. The summed E-state index contributed by atoms with van der Waals surface area (Å²) in [6.45, 7) is 0. The number of hydrogen-bond donors (Lipinski definition) is 2. The third kappa shape index (κ3) is 13.1. The molecular weight excluding hydrogens is 705 g/mol. The molecule has 0 aliphatic carbocycles. The van der Waals surface area contributed by atoms with E-state index in [1.165, 1.54) is 0 Å². The first-order chi connectivity index (χ1) is 10.4. The second-order valence-electron chi connectivity index (χ2n) is 3.33. The Hall–Kier alpha value is 2.15. The molecular formula is C4H8Cl2O14P4U-6. The standard InChI is InChI=1S/2C2H7ClO7P2.U/c2*3-1-10-12(8,9)2(4)11(5,6)7;/h2*2,4H,1H2,(H,8,9)(H2,5,6,7);/p-6. The Labute approximate surface area is 174 Å². The van der Waals surface area contributed by atoms with Gasteiger partial charge in [0.05, 0.1) is 0 Å². The SMILES string of the molecule is O=P([O-])([O-])C(O)P(=O)([O-])OCCl.O=P([O-])([O-])C(O)P(=O)([O-])OCCl.[U]. The van der Waals surface area contributed by atoms with Crippen molar-refractivity contribution in [2.75, 3.05) is 12.1 Å². The first-order valence-electron chi connectivity index (χ1n) is 4.85. The van der Waals surface area contributed by atoms with Crippen LogP contribution in [-0.2, 0) is 27.3 Å². The van der Waals surface area contributed by atoms with Crippen LogP contribution >= 0.6 is 53.6 Å². The first-order valence-corrected chi connectivity index (χ1v) is 12.4. The summed E-state index contributed by atoms with van der Waals surface area (Å²) in [5, 5.41) is 16.8. The summed E-state index contributed by atoms with van der Waals surface area (Å²) in [5.41, 5.74) is -6.16. The molecule has 0 spiro atoms. The molecule has 0 aromatic carbocycles. The van der Waals surface area contributed by atoms with Gasteiger partial charge in [-0.25, -0.2) is 0 Å². The number of rotatable bonds is 8. The largest absolute Gasteiger partial charge is 0.809 e. The molecule has 4 unspecified atom stereocenters. The Morgan fingerprint density at radius 2 is 0.920 bits per heavy atom. The van der Waals surface area contributed by atoms with E-state index in [0.29, 0.717) is 0 Å². The zero-order valence-corrected chi connectivity index (χ0v) is 20.7. The minimum absolute atomic E-state index is 0. The van der Waals surface area contributed by atoms with Crippen molar-refractivity contribution >= 4 is 53.6 Å². The van der Waals surface area contributed by atoms with Crippen molar-refractivity contribution < 1.29 is 98.0 Å². The topological polar surface area (TPSA) is 266 Å². The quantitative estimate of drug-likeness (QED) is 0.179. The average molecular weight is 713 g/mol. The van der Waals surface area contributed by atoms with Gasteiger partial charge in [-0.2, -0.15) is 0 Å². The summed E-state index contributed by atoms with van der Waals surface area (Å²) in [4.78, 5) is 60.9. The van der Waals surface area contributed by atoms with Crippen molar-refractivity contribution in [3.63, 3.8) is 0 Å². The molecule has 152 valence electrons. The molecule has 25 heavy (non-hydrogen) atoms. The van der Waals surface area contributed by atoms with Gasteiger partial charge < -0.3 is 66.9 Å². The van der Waals surface area contributed by atoms with E-state index in [1.54, 1.807) is 0 Å². The monoisotopic (exact) mass is 712 g/mol. The van der Waals surface area contributed by atoms with Gasteiger partial charge in [-0.15, -0.1) is 0 Å². The van der Waals surface area contributed by atoms with Gasteiger partial charge in [-0.1, -0.05) is 23.2 Å². The zero-order valence-electron chi connectivity index (χ0n) is 11.4. The molecule has 0 saturated heterocycles. The molecule has 0 amide bonds. The van der Waals surface area contributed by atoms with Gasteiger partial charge in [0.25, 0.3) is 0 Å². The van der Waals surface area contributed by atoms with E-state index in [1.807, 2.05) is 0 Å². The normalized spacial score (nSPS) is 19.3. The van der Waals surface area contributed by atoms with E-state index in [4.69, 9.17) is 33.4 Å². The van der Waals surface area contributed by atoms with E-state index < -0.39 is 53.7 Å². The van der Waals surface area contributed by atoms with Crippen LogP contribution in [0.25, 0.3) is 0 Å². The molecule has 0 radical (unpaired) electrons. The van der Waals surface area contributed by atoms with E-state index in [2.05, 4.69) is 9.05 Å². The number of halogens is 2. The molecule has 0 aromatic rings. The van der Waals surface area contributed by atoms with Gasteiger partial charge in [0, 0.05) is 31.1 Å². The Bertz CT molecular complexity index is 523. The van der Waals surface area contributed by atoms with Crippen LogP contribution in [0.1, 0.15) is 0 Å². The minimum atomic E-state index is -5.61. The fourth-order valence-electron chi connectivity index (χ4n) is 0.616. The maximum atomic E-state index is 10.5. The van der Waals surface area contributed by atoms with Gasteiger partial charge in [-0.05, 0) is 15.2 Å². The molecule has 4 atom stereocenters. The first kappa shape index (κ1) is 31.8. The maximum absolute atomic E-state index is 10.5. The predicted octanol–water partition coefficient (Wildman–Crippen LogP) is -4.12. The van der Waals surface area contributed by atoms with Crippen LogP contribution in [0.3, 0.4) is 0 Å². The summed E-state index contributed by atoms with van der Waals surface area (Å²) in [6.07, 6.45) is 0. The molecule has 0 aromatic heterocycles. The fraction of sp³-hybridized carbons (Fsp3) is 1.00. The molecule has 21 heteroatoms. The third-order valence-corrected chi connectivity index (χ3v) is 8.75. The van der Waals surface area contributed by atoms with Gasteiger partial charge in [0.15, 0.2) is 15.2 Å². The molecule has 0 heterocycles. The van der Waals surface area contributed by atoms with Crippen molar-refractivity contribution in [2.45, 2.75) is 11.2 Å². The van der Waals surface area contributed by atoms with E-state index in [0.717, 1.165) is 0 Å². The summed E-state index contributed by atoms with van der Waals surface area (Å²) < 4.78 is 48.2. The van der Waals surface area contributed by atoms with Gasteiger partial charge in [0.2, 0.25) is 0 Å². The van der Waals surface area contributed by atoms with Crippen LogP contribution in [-0.4, -0.2) is 33.5 Å². The summed E-state index contributed by atoms with van der Waals surface area (Å²) >= 11 is 9.56. The van der Waals surface area contributed by atoms with Gasteiger partial charge >= 0.3 is 0 Å². The van der Waals surface area contributed by atoms with E-state index in [9.17, 15) is 47.6 Å². The average Bonchev–Trinajstić information content (AvgIpc) is 2.35. The summed E-state index contributed by atoms with van der Waals surface area (Å²) in [5.74, 6) is 0. The molecule has 0 saturated carbocycles. The Morgan fingerprint density at radius 3 is 1.04 bits per heavy atom. The van der Waals surface area contributed by atoms with Gasteiger partial charge in [0.1, 0.15) is 23.3 Å². The summed E-state index contributed by atoms with van der Waals surface area (Å²) in [6, 6.07) is -1.73. The summed E-state index contributed by atoms with van der Waals surface area (Å²) in [7, 11) is -21.5. The van der Waals surface area contributed by atoms with Crippen LogP contribution in [0.15, 0.2) is 0 Å². The Kier molecular flexibility index (Phi) is 16.1. The van der Waals surface area contributed by atoms with Crippen molar-refractivity contribution in [1.82, 2.24) is 0 Å². The molecule has 2 N–H and O–H groups in total. The van der Waals surface area contributed by atoms with Crippen molar-refractivity contribution in [1.29, 1.82) is 0 Å². The van der Waals surface area contributed by atoms with E-state index >= 15 is 0 Å². The number of aliphatic hydroxyl groups is 2. The van der Waals surface area contributed by atoms with Crippen LogP contribution in [0.4, 0.5) is 0 Å². The van der Waals surface area contributed by atoms with Crippen LogP contribution < -0.4 is 29.4 Å². The molecule has 14 nitrogen and oxygen atoms in total. The van der Waals surface area contributed by atoms with Crippen LogP contribution in [0.2, 0.25) is 0 Å². The van der Waals surface area contributed by atoms with Crippen molar-refractivity contribution in [3.05, 3.63) is 0 Å². The molecule has 0 bridgehead atoms. The molecule has 0 rings (SSSR count). The Balaban J connectivity index is -0.000000372. The molecule has 0 aliphatic rings. The Morgan fingerprint density at radius 1 is 0.720 bits per heavy atom. The molecule has 0 aliphatic heterocycles. The number of hydrogen-bond acceptors (Lipinski definition) is 14. The van der Waals surface area contributed by atoms with Crippen molar-refractivity contribution in [3.8, 4) is 0 Å². The smallest absolute Gasteiger partial charge is 0.169 e. The van der Waals surface area contributed by atoms with E-state index in [-0.39, 0.29) is 31.1 Å². The molecule has 0 fully saturated rings. The predicted molar refractivity (Wildman–Crippen MR) is 66.0 cm³/mol. The van der Waals surface area contributed by atoms with Crippen molar-refractivity contribution in [2.24, 2.45) is 0 Å². The third-order valence-electron chi connectivity index (χ3n) is 1.59. The number of aliphatic hydroxyl groups excluding tert-OH is 2.